The molecule has 0 saturated heterocycles. The van der Waals surface area contributed by atoms with Gasteiger partial charge in [-0.25, -0.2) is 0 Å². The van der Waals surface area contributed by atoms with E-state index in [1.54, 1.807) is 0 Å². The summed E-state index contributed by atoms with van der Waals surface area (Å²) in [5, 5.41) is 26.6. The number of phenols is 2. The van der Waals surface area contributed by atoms with Gasteiger partial charge in [0.15, 0.2) is 0 Å². The Bertz CT molecular complexity index is 4100. The molecule has 0 unspecified atom stereocenters. The molecule has 4 aliphatic rings. The zero-order chi connectivity index (χ0) is 77.3. The smallest absolute Gasteiger partial charge is 0.126 e. The third-order valence-corrected chi connectivity index (χ3v) is 22.0. The topological polar surface area (TPSA) is 95.8 Å². The van der Waals surface area contributed by atoms with Crippen molar-refractivity contribution >= 4 is 0 Å². The second kappa shape index (κ2) is 29.6. The Kier molecular flexibility index (Phi) is 22.1. The summed E-state index contributed by atoms with van der Waals surface area (Å²) in [4.78, 5) is 0. The molecule has 8 aromatic rings. The van der Waals surface area contributed by atoms with Gasteiger partial charge in [0.1, 0.15) is 72.4 Å². The van der Waals surface area contributed by atoms with Crippen molar-refractivity contribution in [2.75, 3.05) is 39.6 Å². The molecule has 568 valence electrons. The number of aromatic hydroxyl groups is 2. The summed E-state index contributed by atoms with van der Waals surface area (Å²) in [6.07, 6.45) is 5.32. The first-order chi connectivity index (χ1) is 49.3. The Morgan fingerprint density at radius 2 is 0.377 bits per heavy atom. The lowest BCUT2D eigenvalue weighted by Gasteiger charge is -2.29. The Morgan fingerprint density at radius 3 is 0.528 bits per heavy atom. The third kappa shape index (κ3) is 17.6. The van der Waals surface area contributed by atoms with Crippen LogP contribution in [0.5, 0.6) is 46.0 Å². The molecular weight excluding hydrogens is 1310 g/mol. The molecule has 0 aromatic heterocycles. The fraction of sp³-hybridized carbons (Fsp3) is 0.510. The van der Waals surface area contributed by atoms with E-state index in [0.717, 1.165) is 159 Å². The molecule has 8 aromatic carbocycles. The number of hydrogen-bond donors (Lipinski definition) is 2. The SMILES string of the molecule is CCCOc1c2cc(C(C)(C)C)cc1Cc1cc(C(C)(C)C)cc3c1OCCOc1c4cc(C(C)(C)C)cc1Cc1cc(C(C)(C)C)cc(c1O)Cc1cc(C(C)(C)C)cc(c1OCCOc1c(cc(C(C)(C)C)cc1Cc1cc(C(C)(C)C)cc(c1OCCC)C3)C2)Cc1cc(C(C)(C)C)cc(c1O)C4. The van der Waals surface area contributed by atoms with Crippen LogP contribution in [0.25, 0.3) is 0 Å². The van der Waals surface area contributed by atoms with Gasteiger partial charge in [-0.1, -0.05) is 277 Å². The van der Waals surface area contributed by atoms with Crippen molar-refractivity contribution in [3.05, 3.63) is 231 Å². The van der Waals surface area contributed by atoms with Crippen LogP contribution in [0.2, 0.25) is 0 Å². The van der Waals surface area contributed by atoms with Crippen molar-refractivity contribution in [1.82, 2.24) is 0 Å². The van der Waals surface area contributed by atoms with Gasteiger partial charge in [0, 0.05) is 51.4 Å². The van der Waals surface area contributed by atoms with Crippen molar-refractivity contribution in [1.29, 1.82) is 0 Å². The average molecular weight is 1430 g/mol. The third-order valence-electron chi connectivity index (χ3n) is 22.0. The molecule has 12 rings (SSSR count). The van der Waals surface area contributed by atoms with Gasteiger partial charge in [-0.3, -0.25) is 0 Å². The van der Waals surface area contributed by atoms with Crippen molar-refractivity contribution in [2.45, 2.75) is 288 Å². The van der Waals surface area contributed by atoms with Crippen LogP contribution in [0.3, 0.4) is 0 Å². The normalized spacial score (nSPS) is 15.0. The van der Waals surface area contributed by atoms with Gasteiger partial charge in [-0.2, -0.15) is 0 Å². The minimum absolute atomic E-state index is 0.197. The van der Waals surface area contributed by atoms with Gasteiger partial charge in [-0.05, 0) is 190 Å². The highest BCUT2D eigenvalue weighted by Crippen LogP contribution is 2.48. The maximum Gasteiger partial charge on any atom is 0.126 e. The van der Waals surface area contributed by atoms with Gasteiger partial charge in [-0.15, -0.1) is 0 Å². The van der Waals surface area contributed by atoms with Crippen LogP contribution < -0.4 is 28.4 Å². The van der Waals surface area contributed by atoms with E-state index in [4.69, 9.17) is 28.4 Å². The summed E-state index contributed by atoms with van der Waals surface area (Å²) in [7, 11) is 0. The molecule has 0 amide bonds. The van der Waals surface area contributed by atoms with Crippen molar-refractivity contribution in [3.63, 3.8) is 0 Å². The van der Waals surface area contributed by atoms with Crippen LogP contribution in [0.15, 0.2) is 97.1 Å². The monoisotopic (exact) mass is 1430 g/mol. The van der Waals surface area contributed by atoms with E-state index in [1.807, 2.05) is 0 Å². The Balaban J connectivity index is 1.29. The second-order valence-electron chi connectivity index (χ2n) is 39.5. The Hall–Kier alpha value is -7.84. The fourth-order valence-corrected chi connectivity index (χ4v) is 15.4. The molecule has 2 N–H and O–H groups in total. The summed E-state index contributed by atoms with van der Waals surface area (Å²) in [5.74, 6) is 5.45. The van der Waals surface area contributed by atoms with Crippen LogP contribution in [0.1, 0.15) is 326 Å². The summed E-state index contributed by atoms with van der Waals surface area (Å²) in [6, 6.07) is 37.4. The van der Waals surface area contributed by atoms with E-state index < -0.39 is 0 Å². The predicted octanol–water partition coefficient (Wildman–Crippen LogP) is 23.6. The first-order valence-electron chi connectivity index (χ1n) is 39.7. The molecule has 0 atom stereocenters. The molecule has 2 aliphatic heterocycles. The lowest BCUT2D eigenvalue weighted by molar-refractivity contribution is 0.212. The number of rotatable bonds is 6. The van der Waals surface area contributed by atoms with E-state index in [2.05, 4.69) is 277 Å². The number of phenolic OH excluding ortho intramolecular Hbond substituents is 2. The molecule has 2 heterocycles. The van der Waals surface area contributed by atoms with E-state index in [1.165, 1.54) is 22.3 Å². The highest BCUT2D eigenvalue weighted by molar-refractivity contribution is 5.63. The van der Waals surface area contributed by atoms with Crippen molar-refractivity contribution in [2.24, 2.45) is 0 Å². The van der Waals surface area contributed by atoms with Crippen LogP contribution in [-0.4, -0.2) is 49.9 Å². The van der Waals surface area contributed by atoms with E-state index >= 15 is 0 Å². The number of fused-ring (bicyclic) bond motifs is 8. The van der Waals surface area contributed by atoms with Gasteiger partial charge >= 0.3 is 0 Å². The van der Waals surface area contributed by atoms with Crippen molar-refractivity contribution < 1.29 is 38.6 Å². The molecule has 20 bridgehead atoms. The first-order valence-corrected chi connectivity index (χ1v) is 39.7. The summed E-state index contributed by atoms with van der Waals surface area (Å²) in [5.41, 5.74) is 23.2. The molecule has 8 nitrogen and oxygen atoms in total. The zero-order valence-corrected chi connectivity index (χ0v) is 69.9. The maximum atomic E-state index is 13.3. The molecule has 0 radical (unpaired) electrons. The Labute approximate surface area is 638 Å². The lowest BCUT2D eigenvalue weighted by Crippen LogP contribution is -2.19. The zero-order valence-electron chi connectivity index (χ0n) is 69.9. The minimum Gasteiger partial charge on any atom is -0.507 e. The first kappa shape index (κ1) is 79.2. The summed E-state index contributed by atoms with van der Waals surface area (Å²) in [6.45, 7) is 61.3. The molecule has 0 spiro atoms. The van der Waals surface area contributed by atoms with Crippen LogP contribution >= 0.6 is 0 Å². The van der Waals surface area contributed by atoms with Crippen LogP contribution in [-0.2, 0) is 94.7 Å². The quantitative estimate of drug-likeness (QED) is 0.170. The number of hydrogen-bond acceptors (Lipinski definition) is 8. The van der Waals surface area contributed by atoms with Crippen molar-refractivity contribution in [3.8, 4) is 46.0 Å². The summed E-state index contributed by atoms with van der Waals surface area (Å²) < 4.78 is 45.0. The molecule has 2 aliphatic carbocycles. The largest absolute Gasteiger partial charge is 0.507 e. The van der Waals surface area contributed by atoms with E-state index in [-0.39, 0.29) is 81.2 Å². The predicted molar refractivity (Wildman–Crippen MR) is 440 cm³/mol. The standard InChI is InChI=1S/C98H128O8/c1-27-29-101-85-67-39-71-55-81(97(21,22)23)57-73-41-69-53-80(96(18,19)20)54-70(86(69)102-30-28-2)42-74-58-82(98(24,25)26)56-72(40-68(85)52-79(51-67)95(15,16)17)90(74)106-34-32-104-88-64-36-60-44-75(91(3,4)5)43-59(83(60)99)35-63-47-77(93(9,10)11)49-65(87(63)103-31-33-105-89(71)73)37-61-45-76(92(6,7)8)46-62(84(61)100)38-66(88)50-78(48-64)94(12,13)14/h43-58,99-100H,27-42H2,1-26H3. The van der Waals surface area contributed by atoms with Gasteiger partial charge < -0.3 is 38.6 Å². The minimum atomic E-state index is -0.282. The lowest BCUT2D eigenvalue weighted by atomic mass is 9.79. The maximum absolute atomic E-state index is 13.3. The molecule has 8 heteroatoms. The van der Waals surface area contributed by atoms with Gasteiger partial charge in [0.05, 0.1) is 13.2 Å². The highest BCUT2D eigenvalue weighted by atomic mass is 16.5. The molecule has 0 saturated carbocycles. The Morgan fingerprint density at radius 1 is 0.236 bits per heavy atom. The molecule has 0 fully saturated rings. The number of ether oxygens (including phenoxy) is 6. The van der Waals surface area contributed by atoms with Gasteiger partial charge in [0.25, 0.3) is 0 Å². The molecule has 106 heavy (non-hydrogen) atoms. The van der Waals surface area contributed by atoms with E-state index in [9.17, 15) is 10.2 Å². The fourth-order valence-electron chi connectivity index (χ4n) is 15.4. The second-order valence-corrected chi connectivity index (χ2v) is 39.5. The van der Waals surface area contributed by atoms with Gasteiger partial charge in [0.2, 0.25) is 0 Å². The molecular formula is C98H128O8. The van der Waals surface area contributed by atoms with Crippen LogP contribution in [0, 0.1) is 0 Å². The highest BCUT2D eigenvalue weighted by Gasteiger charge is 2.34. The van der Waals surface area contributed by atoms with E-state index in [0.29, 0.717) is 64.6 Å². The summed E-state index contributed by atoms with van der Waals surface area (Å²) >= 11 is 0. The van der Waals surface area contributed by atoms with Crippen LogP contribution in [0.4, 0.5) is 0 Å². The number of benzene rings is 8. The average Bonchev–Trinajstić information content (AvgIpc) is 0.764.